The van der Waals surface area contributed by atoms with Gasteiger partial charge >= 0.3 is 0 Å². The van der Waals surface area contributed by atoms with Gasteiger partial charge in [-0.2, -0.15) is 0 Å². The number of carbonyl (C=O) groups is 1. The van der Waals surface area contributed by atoms with Crippen LogP contribution in [0, 0.1) is 5.82 Å². The van der Waals surface area contributed by atoms with Crippen molar-refractivity contribution < 1.29 is 9.18 Å². The van der Waals surface area contributed by atoms with Crippen LogP contribution in [-0.4, -0.2) is 24.0 Å². The van der Waals surface area contributed by atoms with Crippen molar-refractivity contribution in [3.63, 3.8) is 0 Å². The highest BCUT2D eigenvalue weighted by Crippen LogP contribution is 2.23. The number of hydrogen-bond acceptors (Lipinski definition) is 4. The van der Waals surface area contributed by atoms with Gasteiger partial charge in [-0.3, -0.25) is 4.79 Å². The molecule has 1 aromatic heterocycles. The number of hydrogen-bond donors (Lipinski definition) is 2. The van der Waals surface area contributed by atoms with E-state index in [1.54, 1.807) is 17.5 Å². The molecule has 0 spiro atoms. The number of benzene rings is 1. The lowest BCUT2D eigenvalue weighted by molar-refractivity contribution is 0.0949. The highest BCUT2D eigenvalue weighted by Gasteiger charge is 2.11. The number of rotatable bonds is 6. The maximum atomic E-state index is 12.8. The molecule has 122 valence electrons. The largest absolute Gasteiger partial charge is 0.351 e. The lowest BCUT2D eigenvalue weighted by atomic mass is 10.2. The highest BCUT2D eigenvalue weighted by atomic mass is 35.5. The predicted octanol–water partition coefficient (Wildman–Crippen LogP) is 3.26. The van der Waals surface area contributed by atoms with E-state index >= 15 is 0 Å². The van der Waals surface area contributed by atoms with Crippen LogP contribution in [0.5, 0.6) is 0 Å². The third-order valence-corrected chi connectivity index (χ3v) is 3.64. The number of thiazole rings is 1. The van der Waals surface area contributed by atoms with Gasteiger partial charge in [-0.05, 0) is 43.7 Å². The van der Waals surface area contributed by atoms with E-state index in [9.17, 15) is 9.18 Å². The first-order valence-electron chi connectivity index (χ1n) is 6.40. The number of unbranched alkanes of at least 4 members (excludes halogenated alkanes) is 1. The third kappa shape index (κ3) is 5.88. The Morgan fingerprint density at radius 3 is 2.55 bits per heavy atom. The Kier molecular flexibility index (Phi) is 9.93. The molecule has 0 aliphatic carbocycles. The van der Waals surface area contributed by atoms with Gasteiger partial charge in [0.05, 0.1) is 0 Å². The maximum absolute atomic E-state index is 12.8. The van der Waals surface area contributed by atoms with Crippen molar-refractivity contribution in [2.24, 2.45) is 5.73 Å². The van der Waals surface area contributed by atoms with E-state index in [0.29, 0.717) is 23.8 Å². The lowest BCUT2D eigenvalue weighted by Crippen LogP contribution is -2.25. The van der Waals surface area contributed by atoms with Gasteiger partial charge in [0.1, 0.15) is 16.5 Å². The summed E-state index contributed by atoms with van der Waals surface area (Å²) < 4.78 is 12.8. The van der Waals surface area contributed by atoms with Crippen LogP contribution in [0.25, 0.3) is 10.6 Å². The second kappa shape index (κ2) is 10.5. The SMILES string of the molecule is Cl.Cl.NCCCCNC(=O)c1csc(-c2ccc(F)cc2)n1. The molecule has 0 radical (unpaired) electrons. The van der Waals surface area contributed by atoms with Crippen molar-refractivity contribution in [1.82, 2.24) is 10.3 Å². The first kappa shape index (κ1) is 20.8. The van der Waals surface area contributed by atoms with Gasteiger partial charge in [0, 0.05) is 17.5 Å². The van der Waals surface area contributed by atoms with Gasteiger partial charge in [-0.25, -0.2) is 9.37 Å². The van der Waals surface area contributed by atoms with Crippen molar-refractivity contribution in [1.29, 1.82) is 0 Å². The van der Waals surface area contributed by atoms with Crippen molar-refractivity contribution in [2.75, 3.05) is 13.1 Å². The first-order valence-corrected chi connectivity index (χ1v) is 7.28. The monoisotopic (exact) mass is 365 g/mol. The average molecular weight is 366 g/mol. The normalized spacial score (nSPS) is 9.55. The maximum Gasteiger partial charge on any atom is 0.270 e. The summed E-state index contributed by atoms with van der Waals surface area (Å²) in [5.41, 5.74) is 6.58. The van der Waals surface area contributed by atoms with Crippen LogP contribution >= 0.6 is 36.2 Å². The minimum absolute atomic E-state index is 0. The molecule has 3 N–H and O–H groups in total. The Morgan fingerprint density at radius 2 is 1.91 bits per heavy atom. The summed E-state index contributed by atoms with van der Waals surface area (Å²) in [6.07, 6.45) is 1.75. The predicted molar refractivity (Wildman–Crippen MR) is 92.6 cm³/mol. The minimum Gasteiger partial charge on any atom is -0.351 e. The molecule has 8 heteroatoms. The molecule has 0 aliphatic heterocycles. The fraction of sp³-hybridized carbons (Fsp3) is 0.286. The molecule has 22 heavy (non-hydrogen) atoms. The second-order valence-corrected chi connectivity index (χ2v) is 5.15. The Labute approximate surface area is 145 Å². The summed E-state index contributed by atoms with van der Waals surface area (Å²) >= 11 is 1.37. The van der Waals surface area contributed by atoms with Crippen LogP contribution in [0.1, 0.15) is 23.3 Å². The van der Waals surface area contributed by atoms with Gasteiger partial charge in [-0.15, -0.1) is 36.2 Å². The lowest BCUT2D eigenvalue weighted by Gasteiger charge is -2.01. The molecular weight excluding hydrogens is 348 g/mol. The van der Waals surface area contributed by atoms with E-state index in [1.807, 2.05) is 0 Å². The summed E-state index contributed by atoms with van der Waals surface area (Å²) in [7, 11) is 0. The second-order valence-electron chi connectivity index (χ2n) is 4.30. The molecular formula is C14H18Cl2FN3OS. The molecule has 0 fully saturated rings. The zero-order chi connectivity index (χ0) is 14.4. The van der Waals surface area contributed by atoms with E-state index < -0.39 is 0 Å². The smallest absolute Gasteiger partial charge is 0.270 e. The minimum atomic E-state index is -0.289. The van der Waals surface area contributed by atoms with E-state index in [1.165, 1.54) is 23.5 Å². The van der Waals surface area contributed by atoms with Crippen LogP contribution in [0.2, 0.25) is 0 Å². The molecule has 0 saturated carbocycles. The number of carbonyl (C=O) groups excluding carboxylic acids is 1. The van der Waals surface area contributed by atoms with Gasteiger partial charge in [-0.1, -0.05) is 0 Å². The molecule has 0 aliphatic rings. The average Bonchev–Trinajstić information content (AvgIpc) is 2.94. The summed E-state index contributed by atoms with van der Waals surface area (Å²) in [5, 5.41) is 5.21. The first-order chi connectivity index (χ1) is 9.70. The molecule has 0 atom stereocenters. The number of aromatic nitrogens is 1. The van der Waals surface area contributed by atoms with Crippen LogP contribution in [0.4, 0.5) is 4.39 Å². The highest BCUT2D eigenvalue weighted by molar-refractivity contribution is 7.13. The molecule has 2 rings (SSSR count). The van der Waals surface area contributed by atoms with Crippen LogP contribution in [-0.2, 0) is 0 Å². The molecule has 4 nitrogen and oxygen atoms in total. The zero-order valence-electron chi connectivity index (χ0n) is 11.8. The Bertz CT molecular complexity index is 578. The van der Waals surface area contributed by atoms with Crippen LogP contribution < -0.4 is 11.1 Å². The Balaban J connectivity index is 0.00000220. The number of nitrogens with zero attached hydrogens (tertiary/aromatic N) is 1. The van der Waals surface area contributed by atoms with Gasteiger partial charge < -0.3 is 11.1 Å². The molecule has 1 amide bonds. The van der Waals surface area contributed by atoms with Crippen molar-refractivity contribution in [3.05, 3.63) is 41.2 Å². The van der Waals surface area contributed by atoms with E-state index in [2.05, 4.69) is 10.3 Å². The van der Waals surface area contributed by atoms with Crippen molar-refractivity contribution in [2.45, 2.75) is 12.8 Å². The summed E-state index contributed by atoms with van der Waals surface area (Å²) in [6, 6.07) is 6.06. The number of nitrogens with two attached hydrogens (primary N) is 1. The topological polar surface area (TPSA) is 68.0 Å². The molecule has 0 unspecified atom stereocenters. The zero-order valence-corrected chi connectivity index (χ0v) is 14.2. The quantitative estimate of drug-likeness (QED) is 0.771. The third-order valence-electron chi connectivity index (χ3n) is 2.74. The van der Waals surface area contributed by atoms with Gasteiger partial charge in [0.2, 0.25) is 0 Å². The van der Waals surface area contributed by atoms with Crippen LogP contribution in [0.15, 0.2) is 29.6 Å². The molecule has 0 saturated heterocycles. The van der Waals surface area contributed by atoms with E-state index in [4.69, 9.17) is 5.73 Å². The number of amides is 1. The molecule has 2 aromatic rings. The van der Waals surface area contributed by atoms with Gasteiger partial charge in [0.15, 0.2) is 0 Å². The van der Waals surface area contributed by atoms with Gasteiger partial charge in [0.25, 0.3) is 5.91 Å². The van der Waals surface area contributed by atoms with Crippen molar-refractivity contribution in [3.8, 4) is 10.6 Å². The standard InChI is InChI=1S/C14H16FN3OS.2ClH/c15-11-5-3-10(4-6-11)14-18-12(9-20-14)13(19)17-8-2-1-7-16;;/h3-6,9H,1-2,7-8,16H2,(H,17,19);2*1H. The Morgan fingerprint density at radius 1 is 1.23 bits per heavy atom. The summed E-state index contributed by atoms with van der Waals surface area (Å²) in [5.74, 6) is -0.477. The number of halogens is 3. The summed E-state index contributed by atoms with van der Waals surface area (Å²) in [4.78, 5) is 16.1. The molecule has 1 aromatic carbocycles. The summed E-state index contributed by atoms with van der Waals surface area (Å²) in [6.45, 7) is 1.22. The number of nitrogens with one attached hydrogen (secondary N) is 1. The fourth-order valence-corrected chi connectivity index (χ4v) is 2.47. The molecule has 0 bridgehead atoms. The van der Waals surface area contributed by atoms with E-state index in [0.717, 1.165) is 18.4 Å². The fourth-order valence-electron chi connectivity index (χ4n) is 1.66. The van der Waals surface area contributed by atoms with E-state index in [-0.39, 0.29) is 36.5 Å². The van der Waals surface area contributed by atoms with Crippen molar-refractivity contribution >= 4 is 42.1 Å². The van der Waals surface area contributed by atoms with Crippen LogP contribution in [0.3, 0.4) is 0 Å². The Hall–Kier alpha value is -1.21. The molecule has 1 heterocycles.